The molecule has 0 bridgehead atoms. The molecule has 4 heteroatoms. The van der Waals surface area contributed by atoms with Gasteiger partial charge in [0.25, 0.3) is 0 Å². The van der Waals surface area contributed by atoms with E-state index in [0.717, 1.165) is 18.9 Å². The van der Waals surface area contributed by atoms with Gasteiger partial charge in [-0.15, -0.1) is 0 Å². The quantitative estimate of drug-likeness (QED) is 0.803. The number of halogens is 3. The average molecular weight is 271 g/mol. The molecule has 2 rings (SSSR count). The minimum absolute atomic E-state index is 0.122. The highest BCUT2D eigenvalue weighted by atomic mass is 19.4. The Kier molecular flexibility index (Phi) is 4.07. The third-order valence-electron chi connectivity index (χ3n) is 4.10. The highest BCUT2D eigenvalue weighted by Crippen LogP contribution is 2.37. The van der Waals surface area contributed by atoms with Crippen LogP contribution in [-0.2, 0) is 6.18 Å². The SMILES string of the molecule is CC1CCCC(C)C1Nc1ccccc1C(F)(F)F. The summed E-state index contributed by atoms with van der Waals surface area (Å²) in [5.74, 6) is 0.815. The van der Waals surface area contributed by atoms with Gasteiger partial charge >= 0.3 is 6.18 Å². The lowest BCUT2D eigenvalue weighted by atomic mass is 9.78. The number of para-hydroxylation sites is 1. The topological polar surface area (TPSA) is 12.0 Å². The minimum atomic E-state index is -4.30. The number of nitrogens with one attached hydrogen (secondary N) is 1. The molecule has 0 saturated heterocycles. The van der Waals surface area contributed by atoms with Crippen LogP contribution in [0.2, 0.25) is 0 Å². The molecule has 1 saturated carbocycles. The van der Waals surface area contributed by atoms with E-state index in [1.54, 1.807) is 6.07 Å². The second kappa shape index (κ2) is 5.43. The van der Waals surface area contributed by atoms with Crippen LogP contribution in [0.3, 0.4) is 0 Å². The Labute approximate surface area is 112 Å². The molecule has 0 spiro atoms. The van der Waals surface area contributed by atoms with Crippen molar-refractivity contribution >= 4 is 5.69 Å². The van der Waals surface area contributed by atoms with Crippen LogP contribution in [0.5, 0.6) is 0 Å². The summed E-state index contributed by atoms with van der Waals surface area (Å²) in [4.78, 5) is 0. The van der Waals surface area contributed by atoms with E-state index >= 15 is 0 Å². The van der Waals surface area contributed by atoms with Gasteiger partial charge in [-0.2, -0.15) is 13.2 Å². The second-order valence-electron chi connectivity index (χ2n) is 5.60. The smallest absolute Gasteiger partial charge is 0.381 e. The van der Waals surface area contributed by atoms with Crippen molar-refractivity contribution in [2.45, 2.75) is 45.3 Å². The van der Waals surface area contributed by atoms with Crippen LogP contribution in [-0.4, -0.2) is 6.04 Å². The van der Waals surface area contributed by atoms with Gasteiger partial charge in [-0.1, -0.05) is 32.4 Å². The van der Waals surface area contributed by atoms with Gasteiger partial charge in [0.05, 0.1) is 5.56 Å². The fourth-order valence-electron chi connectivity index (χ4n) is 3.00. The van der Waals surface area contributed by atoms with Gasteiger partial charge in [-0.05, 0) is 36.8 Å². The summed E-state index contributed by atoms with van der Waals surface area (Å²) in [6, 6.07) is 5.87. The largest absolute Gasteiger partial charge is 0.418 e. The van der Waals surface area contributed by atoms with Crippen LogP contribution in [0.25, 0.3) is 0 Å². The van der Waals surface area contributed by atoms with Gasteiger partial charge in [0.15, 0.2) is 0 Å². The van der Waals surface area contributed by atoms with Crippen molar-refractivity contribution < 1.29 is 13.2 Å². The van der Waals surface area contributed by atoms with Crippen LogP contribution in [0.15, 0.2) is 24.3 Å². The Balaban J connectivity index is 2.23. The normalized spacial score (nSPS) is 28.2. The van der Waals surface area contributed by atoms with E-state index in [0.29, 0.717) is 11.8 Å². The van der Waals surface area contributed by atoms with Crippen molar-refractivity contribution in [3.8, 4) is 0 Å². The van der Waals surface area contributed by atoms with Gasteiger partial charge in [0.2, 0.25) is 0 Å². The molecule has 2 atom stereocenters. The maximum atomic E-state index is 13.0. The lowest BCUT2D eigenvalue weighted by molar-refractivity contribution is -0.137. The summed E-state index contributed by atoms with van der Waals surface area (Å²) < 4.78 is 38.9. The molecule has 0 amide bonds. The Morgan fingerprint density at radius 3 is 2.21 bits per heavy atom. The van der Waals surface area contributed by atoms with Crippen molar-refractivity contribution in [1.29, 1.82) is 0 Å². The van der Waals surface area contributed by atoms with Gasteiger partial charge in [0, 0.05) is 11.7 Å². The van der Waals surface area contributed by atoms with E-state index in [1.807, 2.05) is 0 Å². The van der Waals surface area contributed by atoms with Crippen LogP contribution in [0, 0.1) is 11.8 Å². The fourth-order valence-corrected chi connectivity index (χ4v) is 3.00. The second-order valence-corrected chi connectivity index (χ2v) is 5.60. The highest BCUT2D eigenvalue weighted by Gasteiger charge is 2.35. The van der Waals surface area contributed by atoms with E-state index in [4.69, 9.17) is 0 Å². The molecular formula is C15H20F3N. The zero-order valence-corrected chi connectivity index (χ0v) is 11.3. The lowest BCUT2D eigenvalue weighted by Gasteiger charge is -2.36. The zero-order chi connectivity index (χ0) is 14.0. The molecule has 1 aromatic rings. The number of alkyl halides is 3. The van der Waals surface area contributed by atoms with Crippen molar-refractivity contribution in [3.63, 3.8) is 0 Å². The Morgan fingerprint density at radius 1 is 1.05 bits per heavy atom. The van der Waals surface area contributed by atoms with Crippen molar-refractivity contribution in [3.05, 3.63) is 29.8 Å². The molecule has 1 fully saturated rings. The first-order chi connectivity index (χ1) is 8.89. The number of anilines is 1. The predicted molar refractivity (Wildman–Crippen MR) is 71.0 cm³/mol. The number of rotatable bonds is 2. The van der Waals surface area contributed by atoms with Crippen LogP contribution >= 0.6 is 0 Å². The van der Waals surface area contributed by atoms with Crippen molar-refractivity contribution in [2.75, 3.05) is 5.32 Å². The maximum Gasteiger partial charge on any atom is 0.418 e. The molecule has 1 nitrogen and oxygen atoms in total. The highest BCUT2D eigenvalue weighted by molar-refractivity contribution is 5.53. The van der Waals surface area contributed by atoms with Crippen molar-refractivity contribution in [2.24, 2.45) is 11.8 Å². The summed E-state index contributed by atoms with van der Waals surface area (Å²) in [6.45, 7) is 4.23. The Morgan fingerprint density at radius 2 is 1.63 bits per heavy atom. The molecule has 1 N–H and O–H groups in total. The van der Waals surface area contributed by atoms with Crippen molar-refractivity contribution in [1.82, 2.24) is 0 Å². The number of benzene rings is 1. The van der Waals surface area contributed by atoms with Gasteiger partial charge in [-0.3, -0.25) is 0 Å². The first-order valence-electron chi connectivity index (χ1n) is 6.82. The van der Waals surface area contributed by atoms with E-state index in [9.17, 15) is 13.2 Å². The van der Waals surface area contributed by atoms with E-state index in [-0.39, 0.29) is 11.7 Å². The first-order valence-corrected chi connectivity index (χ1v) is 6.82. The summed E-state index contributed by atoms with van der Waals surface area (Å²) in [7, 11) is 0. The third kappa shape index (κ3) is 3.23. The summed E-state index contributed by atoms with van der Waals surface area (Å²) in [5, 5.41) is 3.14. The molecule has 0 heterocycles. The third-order valence-corrected chi connectivity index (χ3v) is 4.10. The van der Waals surface area contributed by atoms with Crippen LogP contribution in [0.1, 0.15) is 38.7 Å². The average Bonchev–Trinajstić information content (AvgIpc) is 2.33. The standard InChI is InChI=1S/C15H20F3N/c1-10-6-5-7-11(2)14(10)19-13-9-4-3-8-12(13)15(16,17)18/h3-4,8-11,14,19H,5-7H2,1-2H3. The summed E-state index contributed by atoms with van der Waals surface area (Å²) in [5.41, 5.74) is -0.361. The number of hydrogen-bond donors (Lipinski definition) is 1. The first kappa shape index (κ1) is 14.2. The maximum absolute atomic E-state index is 13.0. The van der Waals surface area contributed by atoms with Gasteiger partial charge < -0.3 is 5.32 Å². The van der Waals surface area contributed by atoms with Crippen LogP contribution < -0.4 is 5.32 Å². The summed E-state index contributed by atoms with van der Waals surface area (Å²) >= 11 is 0. The predicted octanol–water partition coefficient (Wildman–Crippen LogP) is 4.94. The van der Waals surface area contributed by atoms with Gasteiger partial charge in [0.1, 0.15) is 0 Å². The molecule has 2 unspecified atom stereocenters. The molecule has 19 heavy (non-hydrogen) atoms. The number of hydrogen-bond acceptors (Lipinski definition) is 1. The monoisotopic (exact) mass is 271 g/mol. The molecule has 0 aliphatic heterocycles. The molecule has 1 aliphatic rings. The Bertz CT molecular complexity index is 418. The summed E-state index contributed by atoms with van der Waals surface area (Å²) in [6.07, 6.45) is -0.974. The zero-order valence-electron chi connectivity index (χ0n) is 11.3. The molecular weight excluding hydrogens is 251 g/mol. The van der Waals surface area contributed by atoms with E-state index in [1.165, 1.54) is 18.6 Å². The van der Waals surface area contributed by atoms with E-state index < -0.39 is 11.7 Å². The van der Waals surface area contributed by atoms with E-state index in [2.05, 4.69) is 19.2 Å². The molecule has 106 valence electrons. The lowest BCUT2D eigenvalue weighted by Crippen LogP contribution is -2.37. The molecule has 0 radical (unpaired) electrons. The minimum Gasteiger partial charge on any atom is -0.381 e. The molecule has 1 aliphatic carbocycles. The molecule has 1 aromatic carbocycles. The van der Waals surface area contributed by atoms with Gasteiger partial charge in [-0.25, -0.2) is 0 Å². The van der Waals surface area contributed by atoms with Crippen LogP contribution in [0.4, 0.5) is 18.9 Å². The fraction of sp³-hybridized carbons (Fsp3) is 0.600. The molecule has 0 aromatic heterocycles. The Hall–Kier alpha value is -1.19.